The van der Waals surface area contributed by atoms with Gasteiger partial charge in [-0.25, -0.2) is 9.97 Å². The van der Waals surface area contributed by atoms with Gasteiger partial charge in [0, 0.05) is 43.6 Å². The smallest absolute Gasteiger partial charge is 0.251 e. The Morgan fingerprint density at radius 3 is 2.40 bits per heavy atom. The third-order valence-corrected chi connectivity index (χ3v) is 4.00. The number of nitrogens with one attached hydrogen (secondary N) is 2. The number of amides is 1. The molecule has 1 aromatic heterocycles. The molecule has 6 heteroatoms. The first-order valence-corrected chi connectivity index (χ1v) is 8.72. The van der Waals surface area contributed by atoms with Gasteiger partial charge in [0.05, 0.1) is 0 Å². The van der Waals surface area contributed by atoms with Crippen molar-refractivity contribution in [2.75, 3.05) is 25.0 Å². The number of carbonyl (C=O) groups excluding carboxylic acids is 1. The van der Waals surface area contributed by atoms with Crippen LogP contribution in [-0.4, -0.2) is 46.5 Å². The number of nitrogens with zero attached hydrogens (tertiary/aromatic N) is 3. The second-order valence-electron chi connectivity index (χ2n) is 6.11. The van der Waals surface area contributed by atoms with Crippen molar-refractivity contribution in [2.24, 2.45) is 0 Å². The van der Waals surface area contributed by atoms with Crippen LogP contribution in [0, 0.1) is 0 Å². The van der Waals surface area contributed by atoms with Crippen LogP contribution in [0.25, 0.3) is 0 Å². The average Bonchev–Trinajstić information content (AvgIpc) is 2.64. The molecule has 1 heterocycles. The van der Waals surface area contributed by atoms with Crippen LogP contribution in [0.2, 0.25) is 0 Å². The molecule has 0 spiro atoms. The van der Waals surface area contributed by atoms with Crippen LogP contribution < -0.4 is 10.6 Å². The van der Waals surface area contributed by atoms with E-state index in [0.29, 0.717) is 30.6 Å². The summed E-state index contributed by atoms with van der Waals surface area (Å²) in [6.07, 6.45) is 3.35. The topological polar surface area (TPSA) is 70.2 Å². The number of rotatable bonds is 9. The second-order valence-corrected chi connectivity index (χ2v) is 6.11. The van der Waals surface area contributed by atoms with Gasteiger partial charge in [0.15, 0.2) is 0 Å². The van der Waals surface area contributed by atoms with E-state index in [-0.39, 0.29) is 5.91 Å². The van der Waals surface area contributed by atoms with Gasteiger partial charge < -0.3 is 10.6 Å². The highest BCUT2D eigenvalue weighted by atomic mass is 16.1. The molecule has 0 unspecified atom stereocenters. The first kappa shape index (κ1) is 18.9. The third kappa shape index (κ3) is 6.15. The van der Waals surface area contributed by atoms with Gasteiger partial charge in [-0.05, 0) is 44.2 Å². The van der Waals surface area contributed by atoms with Gasteiger partial charge in [-0.3, -0.25) is 9.69 Å². The summed E-state index contributed by atoms with van der Waals surface area (Å²) in [5.74, 6) is 0.491. The molecule has 25 heavy (non-hydrogen) atoms. The molecule has 0 aliphatic rings. The molecule has 134 valence electrons. The normalized spacial score (nSPS) is 10.9. The van der Waals surface area contributed by atoms with Gasteiger partial charge in [0.25, 0.3) is 5.91 Å². The van der Waals surface area contributed by atoms with Crippen LogP contribution in [0.15, 0.2) is 42.7 Å². The van der Waals surface area contributed by atoms with Gasteiger partial charge in [-0.2, -0.15) is 0 Å². The summed E-state index contributed by atoms with van der Waals surface area (Å²) >= 11 is 0. The minimum Gasteiger partial charge on any atom is -0.352 e. The third-order valence-electron chi connectivity index (χ3n) is 4.00. The molecular weight excluding hydrogens is 314 g/mol. The fourth-order valence-electron chi connectivity index (χ4n) is 2.50. The Morgan fingerprint density at radius 2 is 1.80 bits per heavy atom. The Kier molecular flexibility index (Phi) is 7.35. The molecule has 0 aliphatic carbocycles. The summed E-state index contributed by atoms with van der Waals surface area (Å²) in [5.41, 5.74) is 1.89. The first-order chi connectivity index (χ1) is 12.1. The zero-order valence-corrected chi connectivity index (χ0v) is 15.2. The molecule has 0 aliphatic heterocycles. The lowest BCUT2D eigenvalue weighted by atomic mass is 10.1. The van der Waals surface area contributed by atoms with Crippen molar-refractivity contribution in [2.45, 2.75) is 33.4 Å². The van der Waals surface area contributed by atoms with Gasteiger partial charge in [-0.1, -0.05) is 19.1 Å². The molecule has 0 saturated heterocycles. The summed E-state index contributed by atoms with van der Waals surface area (Å²) in [5, 5.41) is 5.95. The molecule has 2 rings (SSSR count). The summed E-state index contributed by atoms with van der Waals surface area (Å²) in [6, 6.07) is 10.1. The highest BCUT2D eigenvalue weighted by Gasteiger charge is 2.09. The molecule has 2 aromatic rings. The van der Waals surface area contributed by atoms with E-state index in [2.05, 4.69) is 46.3 Å². The Morgan fingerprint density at radius 1 is 1.12 bits per heavy atom. The van der Waals surface area contributed by atoms with E-state index in [1.807, 2.05) is 24.3 Å². The van der Waals surface area contributed by atoms with Crippen LogP contribution in [0.4, 0.5) is 5.95 Å². The molecule has 0 fully saturated rings. The fourth-order valence-corrected chi connectivity index (χ4v) is 2.50. The quantitative estimate of drug-likeness (QED) is 0.686. The van der Waals surface area contributed by atoms with Gasteiger partial charge in [-0.15, -0.1) is 0 Å². The fraction of sp³-hybridized carbons (Fsp3) is 0.421. The summed E-state index contributed by atoms with van der Waals surface area (Å²) in [6.45, 7) is 9.55. The number of benzene rings is 1. The minimum absolute atomic E-state index is 0.0708. The molecule has 0 atom stereocenters. The van der Waals surface area contributed by atoms with E-state index in [1.54, 1.807) is 18.5 Å². The van der Waals surface area contributed by atoms with Gasteiger partial charge in [0.2, 0.25) is 5.95 Å². The molecule has 0 radical (unpaired) electrons. The van der Waals surface area contributed by atoms with E-state index < -0.39 is 0 Å². The van der Waals surface area contributed by atoms with E-state index in [0.717, 1.165) is 13.1 Å². The molecule has 0 saturated carbocycles. The molecule has 1 amide bonds. The van der Waals surface area contributed by atoms with Crippen LogP contribution in [0.1, 0.15) is 36.7 Å². The molecule has 2 N–H and O–H groups in total. The van der Waals surface area contributed by atoms with E-state index in [9.17, 15) is 4.79 Å². The molecular formula is C19H27N5O. The standard InChI is InChI=1S/C19H27N5O/c1-4-24(15(2)3)14-16-6-8-17(9-7-16)18(25)20-12-13-23-19-21-10-5-11-22-19/h5-11,15H,4,12-14H2,1-3H3,(H,20,25)(H,21,22,23). The number of aromatic nitrogens is 2. The van der Waals surface area contributed by atoms with Crippen LogP contribution in [0.3, 0.4) is 0 Å². The van der Waals surface area contributed by atoms with Crippen molar-refractivity contribution in [1.29, 1.82) is 0 Å². The Balaban J connectivity index is 1.78. The summed E-state index contributed by atoms with van der Waals surface area (Å²) in [7, 11) is 0. The lowest BCUT2D eigenvalue weighted by Crippen LogP contribution is -2.30. The Labute approximate surface area is 149 Å². The number of anilines is 1. The van der Waals surface area contributed by atoms with E-state index in [1.165, 1.54) is 5.56 Å². The number of carbonyl (C=O) groups is 1. The minimum atomic E-state index is -0.0708. The van der Waals surface area contributed by atoms with Crippen LogP contribution in [-0.2, 0) is 6.54 Å². The number of hydrogen-bond acceptors (Lipinski definition) is 5. The molecule has 1 aromatic carbocycles. The van der Waals surface area contributed by atoms with Crippen molar-refractivity contribution < 1.29 is 4.79 Å². The van der Waals surface area contributed by atoms with Crippen molar-refractivity contribution in [3.63, 3.8) is 0 Å². The van der Waals surface area contributed by atoms with Crippen LogP contribution >= 0.6 is 0 Å². The average molecular weight is 341 g/mol. The zero-order chi connectivity index (χ0) is 18.1. The molecule has 0 bridgehead atoms. The largest absolute Gasteiger partial charge is 0.352 e. The zero-order valence-electron chi connectivity index (χ0n) is 15.2. The van der Waals surface area contributed by atoms with E-state index >= 15 is 0 Å². The SMILES string of the molecule is CCN(Cc1ccc(C(=O)NCCNc2ncccn2)cc1)C(C)C. The monoisotopic (exact) mass is 341 g/mol. The van der Waals surface area contributed by atoms with Gasteiger partial charge in [0.1, 0.15) is 0 Å². The lowest BCUT2D eigenvalue weighted by Gasteiger charge is -2.24. The summed E-state index contributed by atoms with van der Waals surface area (Å²) < 4.78 is 0. The predicted octanol–water partition coefficient (Wildman–Crippen LogP) is 2.55. The lowest BCUT2D eigenvalue weighted by molar-refractivity contribution is 0.0955. The van der Waals surface area contributed by atoms with Crippen molar-refractivity contribution in [3.05, 3.63) is 53.9 Å². The number of hydrogen-bond donors (Lipinski definition) is 2. The van der Waals surface area contributed by atoms with Crippen molar-refractivity contribution in [3.8, 4) is 0 Å². The summed E-state index contributed by atoms with van der Waals surface area (Å²) in [4.78, 5) is 22.7. The Hall–Kier alpha value is -2.47. The van der Waals surface area contributed by atoms with Crippen molar-refractivity contribution >= 4 is 11.9 Å². The van der Waals surface area contributed by atoms with Gasteiger partial charge >= 0.3 is 0 Å². The second kappa shape index (κ2) is 9.74. The molecule has 6 nitrogen and oxygen atoms in total. The highest BCUT2D eigenvalue weighted by Crippen LogP contribution is 2.10. The predicted molar refractivity (Wildman–Crippen MR) is 101 cm³/mol. The Bertz CT molecular complexity index is 643. The van der Waals surface area contributed by atoms with Crippen LogP contribution in [0.5, 0.6) is 0 Å². The maximum absolute atomic E-state index is 12.2. The first-order valence-electron chi connectivity index (χ1n) is 8.72. The van der Waals surface area contributed by atoms with Crippen molar-refractivity contribution in [1.82, 2.24) is 20.2 Å². The maximum atomic E-state index is 12.2. The maximum Gasteiger partial charge on any atom is 0.251 e. The van der Waals surface area contributed by atoms with E-state index in [4.69, 9.17) is 0 Å². The highest BCUT2D eigenvalue weighted by molar-refractivity contribution is 5.94.